The Bertz CT molecular complexity index is 219. The van der Waals surface area contributed by atoms with E-state index in [-0.39, 0.29) is 17.5 Å². The molecule has 1 fully saturated rings. The summed E-state index contributed by atoms with van der Waals surface area (Å²) in [5.74, 6) is 2.44. The quantitative estimate of drug-likeness (QED) is 0.777. The van der Waals surface area contributed by atoms with Crippen molar-refractivity contribution in [1.82, 2.24) is 10.2 Å². The van der Waals surface area contributed by atoms with E-state index in [9.17, 15) is 4.79 Å². The van der Waals surface area contributed by atoms with Crippen LogP contribution in [-0.2, 0) is 4.79 Å². The fraction of sp³-hybridized carbons (Fsp3) is 0.909. The lowest BCUT2D eigenvalue weighted by molar-refractivity contribution is -0.127. The Morgan fingerprint density at radius 1 is 1.33 bits per heavy atom. The molecule has 0 aromatic heterocycles. The molecular weight excluding hydrogens is 208 g/mol. The smallest absolute Gasteiger partial charge is 0.237 e. The second-order valence-corrected chi connectivity index (χ2v) is 6.29. The van der Waals surface area contributed by atoms with E-state index in [1.54, 1.807) is 0 Å². The van der Waals surface area contributed by atoms with Gasteiger partial charge in [0.15, 0.2) is 0 Å². The lowest BCUT2D eigenvalue weighted by Crippen LogP contribution is -2.52. The number of rotatable bonds is 2. The lowest BCUT2D eigenvalue weighted by Gasteiger charge is -2.33. The fourth-order valence-corrected chi connectivity index (χ4v) is 2.54. The highest BCUT2D eigenvalue weighted by atomic mass is 32.2. The largest absolute Gasteiger partial charge is 0.350 e. The molecule has 1 unspecified atom stereocenters. The fourth-order valence-electron chi connectivity index (χ4n) is 1.60. The summed E-state index contributed by atoms with van der Waals surface area (Å²) in [4.78, 5) is 14.2. The van der Waals surface area contributed by atoms with Crippen molar-refractivity contribution in [2.75, 3.05) is 24.6 Å². The minimum atomic E-state index is -0.129. The van der Waals surface area contributed by atoms with E-state index in [0.717, 1.165) is 24.6 Å². The third-order valence-electron chi connectivity index (χ3n) is 2.47. The maximum absolute atomic E-state index is 11.9. The zero-order valence-electron chi connectivity index (χ0n) is 10.2. The van der Waals surface area contributed by atoms with E-state index in [0.29, 0.717) is 0 Å². The minimum Gasteiger partial charge on any atom is -0.350 e. The first-order valence-electron chi connectivity index (χ1n) is 5.54. The third kappa shape index (κ3) is 4.43. The molecule has 0 bridgehead atoms. The van der Waals surface area contributed by atoms with E-state index >= 15 is 0 Å². The van der Waals surface area contributed by atoms with Gasteiger partial charge in [-0.25, -0.2) is 0 Å². The molecule has 3 nitrogen and oxygen atoms in total. The van der Waals surface area contributed by atoms with Gasteiger partial charge in [0, 0.05) is 30.1 Å². The van der Waals surface area contributed by atoms with Crippen LogP contribution >= 0.6 is 11.8 Å². The highest BCUT2D eigenvalue weighted by Gasteiger charge is 2.25. The zero-order chi connectivity index (χ0) is 11.5. The van der Waals surface area contributed by atoms with Crippen LogP contribution in [0.2, 0.25) is 0 Å². The van der Waals surface area contributed by atoms with Gasteiger partial charge in [0.1, 0.15) is 0 Å². The molecule has 0 spiro atoms. The topological polar surface area (TPSA) is 32.3 Å². The molecule has 1 rings (SSSR count). The predicted molar refractivity (Wildman–Crippen MR) is 66.3 cm³/mol. The van der Waals surface area contributed by atoms with E-state index < -0.39 is 0 Å². The molecule has 0 radical (unpaired) electrons. The van der Waals surface area contributed by atoms with Crippen LogP contribution in [0.4, 0.5) is 0 Å². The van der Waals surface area contributed by atoms with Gasteiger partial charge in [-0.1, -0.05) is 0 Å². The summed E-state index contributed by atoms with van der Waals surface area (Å²) < 4.78 is 0. The van der Waals surface area contributed by atoms with E-state index in [1.165, 1.54) is 0 Å². The first kappa shape index (κ1) is 12.8. The Balaban J connectivity index is 2.44. The Kier molecular flexibility index (Phi) is 4.46. The van der Waals surface area contributed by atoms with Gasteiger partial charge in [-0.3, -0.25) is 9.69 Å². The van der Waals surface area contributed by atoms with Gasteiger partial charge in [0.25, 0.3) is 0 Å². The number of thioether (sulfide) groups is 1. The third-order valence-corrected chi connectivity index (χ3v) is 3.41. The van der Waals surface area contributed by atoms with Crippen LogP contribution in [0.15, 0.2) is 0 Å². The lowest BCUT2D eigenvalue weighted by atomic mass is 10.1. The maximum Gasteiger partial charge on any atom is 0.237 e. The van der Waals surface area contributed by atoms with Gasteiger partial charge in [-0.15, -0.1) is 0 Å². The monoisotopic (exact) mass is 230 g/mol. The van der Waals surface area contributed by atoms with Crippen molar-refractivity contribution in [3.05, 3.63) is 0 Å². The molecule has 4 heteroatoms. The summed E-state index contributed by atoms with van der Waals surface area (Å²) in [7, 11) is 0. The molecule has 1 aliphatic heterocycles. The second kappa shape index (κ2) is 5.21. The summed E-state index contributed by atoms with van der Waals surface area (Å²) in [5.41, 5.74) is -0.129. The average molecular weight is 230 g/mol. The molecule has 1 aliphatic rings. The molecule has 0 aromatic rings. The van der Waals surface area contributed by atoms with Gasteiger partial charge in [-0.2, -0.15) is 11.8 Å². The molecular formula is C11H22N2OS. The maximum atomic E-state index is 11.9. The average Bonchev–Trinajstić information content (AvgIpc) is 2.15. The molecule has 0 aromatic carbocycles. The van der Waals surface area contributed by atoms with Gasteiger partial charge >= 0.3 is 0 Å². The Labute approximate surface area is 97.0 Å². The van der Waals surface area contributed by atoms with Crippen LogP contribution in [0.25, 0.3) is 0 Å². The van der Waals surface area contributed by atoms with Crippen LogP contribution in [0.3, 0.4) is 0 Å². The highest BCUT2D eigenvalue weighted by molar-refractivity contribution is 7.99. The molecule has 0 aliphatic carbocycles. The SMILES string of the molecule is CC(C(=O)NC(C)(C)C)N1CCSCC1. The highest BCUT2D eigenvalue weighted by Crippen LogP contribution is 2.12. The number of nitrogens with zero attached hydrogens (tertiary/aromatic N) is 1. The summed E-state index contributed by atoms with van der Waals surface area (Å²) >= 11 is 1.97. The van der Waals surface area contributed by atoms with E-state index in [2.05, 4.69) is 10.2 Å². The molecule has 88 valence electrons. The molecule has 1 N–H and O–H groups in total. The van der Waals surface area contributed by atoms with E-state index in [4.69, 9.17) is 0 Å². The molecule has 15 heavy (non-hydrogen) atoms. The minimum absolute atomic E-state index is 0.00475. The van der Waals surface area contributed by atoms with Gasteiger partial charge in [-0.05, 0) is 27.7 Å². The number of hydrogen-bond acceptors (Lipinski definition) is 3. The molecule has 1 saturated heterocycles. The first-order valence-corrected chi connectivity index (χ1v) is 6.69. The van der Waals surface area contributed by atoms with Crippen LogP contribution in [0.5, 0.6) is 0 Å². The van der Waals surface area contributed by atoms with Crippen molar-refractivity contribution >= 4 is 17.7 Å². The zero-order valence-corrected chi connectivity index (χ0v) is 11.0. The van der Waals surface area contributed by atoms with Crippen LogP contribution in [0.1, 0.15) is 27.7 Å². The summed E-state index contributed by atoms with van der Waals surface area (Å²) in [6, 6.07) is 0.00475. The number of amides is 1. The summed E-state index contributed by atoms with van der Waals surface area (Å²) in [6.45, 7) is 10.1. The number of carbonyl (C=O) groups is 1. The van der Waals surface area contributed by atoms with Crippen molar-refractivity contribution in [3.8, 4) is 0 Å². The van der Waals surface area contributed by atoms with Crippen LogP contribution in [-0.4, -0.2) is 47.0 Å². The molecule has 1 heterocycles. The van der Waals surface area contributed by atoms with Crippen molar-refractivity contribution < 1.29 is 4.79 Å². The first-order chi connectivity index (χ1) is 6.90. The Hall–Kier alpha value is -0.220. The number of hydrogen-bond donors (Lipinski definition) is 1. The van der Waals surface area contributed by atoms with E-state index in [1.807, 2.05) is 39.5 Å². The van der Waals surface area contributed by atoms with Crippen molar-refractivity contribution in [3.63, 3.8) is 0 Å². The van der Waals surface area contributed by atoms with Gasteiger partial charge < -0.3 is 5.32 Å². The van der Waals surface area contributed by atoms with Crippen LogP contribution in [0, 0.1) is 0 Å². The summed E-state index contributed by atoms with van der Waals surface area (Å²) in [6.07, 6.45) is 0. The summed E-state index contributed by atoms with van der Waals surface area (Å²) in [5, 5.41) is 3.03. The predicted octanol–water partition coefficient (Wildman–Crippen LogP) is 1.34. The standard InChI is InChI=1S/C11H22N2OS/c1-9(10(14)12-11(2,3)4)13-5-7-15-8-6-13/h9H,5-8H2,1-4H3,(H,12,14). The number of nitrogens with one attached hydrogen (secondary N) is 1. The number of carbonyl (C=O) groups excluding carboxylic acids is 1. The molecule has 0 saturated carbocycles. The molecule has 1 atom stereocenters. The van der Waals surface area contributed by atoms with Gasteiger partial charge in [0.05, 0.1) is 6.04 Å². The second-order valence-electron chi connectivity index (χ2n) is 5.06. The van der Waals surface area contributed by atoms with Crippen molar-refractivity contribution in [1.29, 1.82) is 0 Å². The normalized spacial score (nSPS) is 21.1. The molecule has 1 amide bonds. The Morgan fingerprint density at radius 3 is 2.33 bits per heavy atom. The Morgan fingerprint density at radius 2 is 1.87 bits per heavy atom. The van der Waals surface area contributed by atoms with Crippen molar-refractivity contribution in [2.45, 2.75) is 39.3 Å². The van der Waals surface area contributed by atoms with Crippen LogP contribution < -0.4 is 5.32 Å². The van der Waals surface area contributed by atoms with Crippen molar-refractivity contribution in [2.24, 2.45) is 0 Å². The van der Waals surface area contributed by atoms with Gasteiger partial charge in [0.2, 0.25) is 5.91 Å².